The van der Waals surface area contributed by atoms with E-state index in [1.807, 2.05) is 93.3 Å². The largest absolute Gasteiger partial charge is 0.494 e. The van der Waals surface area contributed by atoms with Crippen molar-refractivity contribution >= 4 is 28.8 Å². The molecule has 5 heteroatoms. The molecule has 0 fully saturated rings. The normalized spacial score (nSPS) is 13.6. The first-order chi connectivity index (χ1) is 16.5. The molecule has 0 aromatic heterocycles. The minimum absolute atomic E-state index is 0.325. The fraction of sp³-hybridized carbons (Fsp3) is 0.241. The first-order valence-electron chi connectivity index (χ1n) is 11.7. The number of hydrogen-bond acceptors (Lipinski definition) is 4. The molecule has 1 heterocycles. The molecule has 5 nitrogen and oxygen atoms in total. The van der Waals surface area contributed by atoms with Crippen molar-refractivity contribution in [3.05, 3.63) is 95.2 Å². The van der Waals surface area contributed by atoms with Gasteiger partial charge in [0.15, 0.2) is 0 Å². The zero-order chi connectivity index (χ0) is 24.2. The van der Waals surface area contributed by atoms with E-state index in [9.17, 15) is 9.59 Å². The molecule has 0 aliphatic carbocycles. The lowest BCUT2D eigenvalue weighted by atomic mass is 9.97. The van der Waals surface area contributed by atoms with Gasteiger partial charge in [-0.3, -0.25) is 9.59 Å². The second-order valence-electron chi connectivity index (χ2n) is 8.41. The molecule has 174 valence electrons. The number of amides is 2. The number of anilines is 2. The Balaban J connectivity index is 1.87. The second-order valence-corrected chi connectivity index (χ2v) is 8.41. The third-order valence-electron chi connectivity index (χ3n) is 5.91. The van der Waals surface area contributed by atoms with Crippen LogP contribution in [0.2, 0.25) is 0 Å². The molecule has 0 atom stereocenters. The summed E-state index contributed by atoms with van der Waals surface area (Å²) in [6.07, 6.45) is 0.872. The van der Waals surface area contributed by atoms with E-state index in [0.717, 1.165) is 28.8 Å². The highest BCUT2D eigenvalue weighted by molar-refractivity contribution is 6.46. The van der Waals surface area contributed by atoms with Gasteiger partial charge in [-0.15, -0.1) is 0 Å². The highest BCUT2D eigenvalue weighted by Gasteiger charge is 2.43. The minimum Gasteiger partial charge on any atom is -0.494 e. The first kappa shape index (κ1) is 23.3. The van der Waals surface area contributed by atoms with E-state index in [4.69, 9.17) is 4.74 Å². The molecule has 2 amide bonds. The predicted molar refractivity (Wildman–Crippen MR) is 137 cm³/mol. The third kappa shape index (κ3) is 4.34. The number of benzene rings is 3. The number of nitrogens with zero attached hydrogens (tertiary/aromatic N) is 2. The summed E-state index contributed by atoms with van der Waals surface area (Å²) in [5.41, 5.74) is 5.02. The Morgan fingerprint density at radius 3 is 2.29 bits per heavy atom. The molecule has 3 aromatic carbocycles. The van der Waals surface area contributed by atoms with Gasteiger partial charge in [0.1, 0.15) is 11.4 Å². The standard InChI is InChI=1S/C29H30N2O3/c1-5-17-34-24-14-10-13-23(19-24)31-28(32)26(25-16-15-20(3)18-21(25)4)27(29(31)33)30(6-2)22-11-8-7-9-12-22/h7-16,18-19H,5-6,17H2,1-4H3. The van der Waals surface area contributed by atoms with Crippen LogP contribution in [0.5, 0.6) is 5.75 Å². The SMILES string of the molecule is CCCOc1cccc(N2C(=O)C(c3ccc(C)cc3C)=C(N(CC)c3ccccc3)C2=O)c1. The molecule has 0 bridgehead atoms. The van der Waals surface area contributed by atoms with E-state index in [-0.39, 0.29) is 11.8 Å². The van der Waals surface area contributed by atoms with Gasteiger partial charge in [0, 0.05) is 18.3 Å². The van der Waals surface area contributed by atoms with E-state index < -0.39 is 0 Å². The van der Waals surface area contributed by atoms with Crippen LogP contribution in [0, 0.1) is 13.8 Å². The Bertz CT molecular complexity index is 1250. The average Bonchev–Trinajstić information content (AvgIpc) is 3.09. The topological polar surface area (TPSA) is 49.9 Å². The number of imide groups is 1. The number of carbonyl (C=O) groups is 2. The first-order valence-corrected chi connectivity index (χ1v) is 11.7. The summed E-state index contributed by atoms with van der Waals surface area (Å²) in [5.74, 6) is -0.0239. The summed E-state index contributed by atoms with van der Waals surface area (Å²) in [6, 6.07) is 22.8. The molecule has 0 saturated carbocycles. The van der Waals surface area contributed by atoms with Crippen LogP contribution in [0.4, 0.5) is 11.4 Å². The molecule has 1 aliphatic rings. The van der Waals surface area contributed by atoms with Crippen LogP contribution in [0.15, 0.2) is 78.5 Å². The molecule has 0 radical (unpaired) electrons. The van der Waals surface area contributed by atoms with Gasteiger partial charge >= 0.3 is 0 Å². The average molecular weight is 455 g/mol. The number of likely N-dealkylation sites (N-methyl/N-ethyl adjacent to an activating group) is 1. The zero-order valence-electron chi connectivity index (χ0n) is 20.2. The van der Waals surface area contributed by atoms with Gasteiger partial charge in [0.2, 0.25) is 0 Å². The summed E-state index contributed by atoms with van der Waals surface area (Å²) in [5, 5.41) is 0. The fourth-order valence-electron chi connectivity index (χ4n) is 4.35. The minimum atomic E-state index is -0.335. The van der Waals surface area contributed by atoms with Gasteiger partial charge in [-0.05, 0) is 62.6 Å². The van der Waals surface area contributed by atoms with Crippen LogP contribution in [-0.4, -0.2) is 25.0 Å². The van der Waals surface area contributed by atoms with Crippen molar-refractivity contribution in [3.63, 3.8) is 0 Å². The van der Waals surface area contributed by atoms with Crippen molar-refractivity contribution in [1.82, 2.24) is 0 Å². The van der Waals surface area contributed by atoms with Crippen molar-refractivity contribution in [2.45, 2.75) is 34.1 Å². The molecule has 3 aromatic rings. The fourth-order valence-corrected chi connectivity index (χ4v) is 4.35. The van der Waals surface area contributed by atoms with Crippen molar-refractivity contribution in [2.24, 2.45) is 0 Å². The maximum Gasteiger partial charge on any atom is 0.282 e. The number of rotatable bonds is 8. The molecule has 0 N–H and O–H groups in total. The highest BCUT2D eigenvalue weighted by atomic mass is 16.5. The molecule has 1 aliphatic heterocycles. The van der Waals surface area contributed by atoms with E-state index >= 15 is 0 Å². The molecule has 0 unspecified atom stereocenters. The number of hydrogen-bond donors (Lipinski definition) is 0. The maximum absolute atomic E-state index is 13.9. The summed E-state index contributed by atoms with van der Waals surface area (Å²) < 4.78 is 5.76. The number of carbonyl (C=O) groups excluding carboxylic acids is 2. The van der Waals surface area contributed by atoms with Crippen LogP contribution in [0.3, 0.4) is 0 Å². The molecule has 0 saturated heterocycles. The summed E-state index contributed by atoms with van der Waals surface area (Å²) >= 11 is 0. The van der Waals surface area contributed by atoms with E-state index in [0.29, 0.717) is 35.9 Å². The van der Waals surface area contributed by atoms with Gasteiger partial charge < -0.3 is 9.64 Å². The predicted octanol–water partition coefficient (Wildman–Crippen LogP) is 5.90. The van der Waals surface area contributed by atoms with Crippen molar-refractivity contribution in [1.29, 1.82) is 0 Å². The zero-order valence-corrected chi connectivity index (χ0v) is 20.2. The summed E-state index contributed by atoms with van der Waals surface area (Å²) in [4.78, 5) is 31.1. The lowest BCUT2D eigenvalue weighted by Gasteiger charge is -2.25. The maximum atomic E-state index is 13.9. The molecule has 4 rings (SSSR count). The Morgan fingerprint density at radius 2 is 1.62 bits per heavy atom. The Kier molecular flexibility index (Phi) is 6.82. The van der Waals surface area contributed by atoms with Crippen LogP contribution < -0.4 is 14.5 Å². The number of para-hydroxylation sites is 1. The van der Waals surface area contributed by atoms with Crippen LogP contribution in [-0.2, 0) is 9.59 Å². The monoisotopic (exact) mass is 454 g/mol. The summed E-state index contributed by atoms with van der Waals surface area (Å²) in [7, 11) is 0. The number of ether oxygens (including phenoxy) is 1. The van der Waals surface area contributed by atoms with Crippen molar-refractivity contribution in [2.75, 3.05) is 23.0 Å². The summed E-state index contributed by atoms with van der Waals surface area (Å²) in [6.45, 7) is 9.13. The van der Waals surface area contributed by atoms with Crippen LogP contribution in [0.25, 0.3) is 5.57 Å². The quantitative estimate of drug-likeness (QED) is 0.398. The van der Waals surface area contributed by atoms with E-state index in [1.54, 1.807) is 12.1 Å². The second kappa shape index (κ2) is 9.96. The number of aryl methyl sites for hydroxylation is 2. The third-order valence-corrected chi connectivity index (χ3v) is 5.91. The van der Waals surface area contributed by atoms with Gasteiger partial charge in [0.05, 0.1) is 17.9 Å². The van der Waals surface area contributed by atoms with Gasteiger partial charge in [-0.25, -0.2) is 4.90 Å². The van der Waals surface area contributed by atoms with Crippen molar-refractivity contribution in [3.8, 4) is 5.75 Å². The van der Waals surface area contributed by atoms with Gasteiger partial charge in [-0.2, -0.15) is 0 Å². The molecular weight excluding hydrogens is 424 g/mol. The van der Waals surface area contributed by atoms with Crippen LogP contribution in [0.1, 0.15) is 37.0 Å². The van der Waals surface area contributed by atoms with E-state index in [2.05, 4.69) is 0 Å². The smallest absolute Gasteiger partial charge is 0.282 e. The molecule has 0 spiro atoms. The van der Waals surface area contributed by atoms with Gasteiger partial charge in [0.25, 0.3) is 11.8 Å². The van der Waals surface area contributed by atoms with E-state index in [1.165, 1.54) is 4.90 Å². The highest BCUT2D eigenvalue weighted by Crippen LogP contribution is 2.38. The Labute approximate surface area is 201 Å². The lowest BCUT2D eigenvalue weighted by Crippen LogP contribution is -2.35. The van der Waals surface area contributed by atoms with Gasteiger partial charge in [-0.1, -0.05) is 55.0 Å². The van der Waals surface area contributed by atoms with Crippen LogP contribution >= 0.6 is 0 Å². The lowest BCUT2D eigenvalue weighted by molar-refractivity contribution is -0.120. The molecule has 34 heavy (non-hydrogen) atoms. The molecular formula is C29H30N2O3. The Morgan fingerprint density at radius 1 is 0.853 bits per heavy atom. The Hall–Kier alpha value is -3.86. The van der Waals surface area contributed by atoms with Crippen molar-refractivity contribution < 1.29 is 14.3 Å².